The Kier molecular flexibility index (Phi) is 5.43. The van der Waals surface area contributed by atoms with Gasteiger partial charge in [-0.3, -0.25) is 0 Å². The first-order valence-electron chi connectivity index (χ1n) is 11.4. The van der Waals surface area contributed by atoms with Gasteiger partial charge < -0.3 is 4.98 Å². The van der Waals surface area contributed by atoms with Crippen LogP contribution in [0.1, 0.15) is 26.3 Å². The van der Waals surface area contributed by atoms with Crippen molar-refractivity contribution in [3.8, 4) is 45.0 Å². The van der Waals surface area contributed by atoms with E-state index in [4.69, 9.17) is 4.98 Å². The Morgan fingerprint density at radius 3 is 1.55 bits per heavy atom. The molecule has 0 atom stereocenters. The first kappa shape index (κ1) is 21.0. The van der Waals surface area contributed by atoms with E-state index in [0.717, 1.165) is 33.9 Å². The summed E-state index contributed by atoms with van der Waals surface area (Å²) < 4.78 is 0. The third-order valence-electron chi connectivity index (χ3n) is 6.06. The van der Waals surface area contributed by atoms with Gasteiger partial charge in [0.25, 0.3) is 0 Å². The molecular weight excluding hydrogens is 400 g/mol. The molecule has 0 aliphatic carbocycles. The lowest BCUT2D eigenvalue weighted by molar-refractivity contribution is 0.590. The van der Waals surface area contributed by atoms with Crippen LogP contribution in [0.25, 0.3) is 45.0 Å². The third-order valence-corrected chi connectivity index (χ3v) is 6.06. The van der Waals surface area contributed by atoms with E-state index >= 15 is 0 Å². The van der Waals surface area contributed by atoms with Gasteiger partial charge in [-0.2, -0.15) is 0 Å². The van der Waals surface area contributed by atoms with Gasteiger partial charge >= 0.3 is 0 Å². The predicted octanol–water partition coefficient (Wildman–Crippen LogP) is 8.38. The summed E-state index contributed by atoms with van der Waals surface area (Å²) in [5.74, 6) is 0.877. The molecule has 1 aromatic heterocycles. The highest BCUT2D eigenvalue weighted by atomic mass is 14.9. The van der Waals surface area contributed by atoms with Crippen molar-refractivity contribution in [2.45, 2.75) is 26.2 Å². The summed E-state index contributed by atoms with van der Waals surface area (Å²) in [6.45, 7) is 6.73. The summed E-state index contributed by atoms with van der Waals surface area (Å²) in [5.41, 5.74) is 9.26. The molecule has 5 rings (SSSR count). The van der Waals surface area contributed by atoms with Crippen LogP contribution in [0, 0.1) is 0 Å². The van der Waals surface area contributed by atoms with Gasteiger partial charge in [0.15, 0.2) is 0 Å². The standard InChI is InChI=1S/C31H28N2/c1-31(2,3)27-20-18-23(19-21-27)22-14-16-26(17-15-22)30-32-28(24-10-6-4-7-11-24)29(33-30)25-12-8-5-9-13-25/h4-21H,1-3H3,(H,32,33). The Hall–Kier alpha value is -3.91. The van der Waals surface area contributed by atoms with Gasteiger partial charge in [0.2, 0.25) is 0 Å². The second-order valence-corrected chi connectivity index (χ2v) is 9.45. The summed E-state index contributed by atoms with van der Waals surface area (Å²) in [5, 5.41) is 0. The Morgan fingerprint density at radius 2 is 1.00 bits per heavy atom. The maximum atomic E-state index is 5.01. The molecule has 2 heteroatoms. The normalized spacial score (nSPS) is 11.5. The highest BCUT2D eigenvalue weighted by molar-refractivity contribution is 5.81. The number of hydrogen-bond acceptors (Lipinski definition) is 1. The number of H-pyrrole nitrogens is 1. The molecule has 0 aliphatic heterocycles. The van der Waals surface area contributed by atoms with Crippen LogP contribution < -0.4 is 0 Å². The van der Waals surface area contributed by atoms with Crippen LogP contribution in [0.2, 0.25) is 0 Å². The molecular formula is C31H28N2. The lowest BCUT2D eigenvalue weighted by Crippen LogP contribution is -2.10. The zero-order chi connectivity index (χ0) is 22.8. The van der Waals surface area contributed by atoms with Gasteiger partial charge in [0, 0.05) is 16.7 Å². The predicted molar refractivity (Wildman–Crippen MR) is 139 cm³/mol. The van der Waals surface area contributed by atoms with E-state index in [2.05, 4.69) is 123 Å². The van der Waals surface area contributed by atoms with Crippen molar-refractivity contribution in [3.05, 3.63) is 115 Å². The monoisotopic (exact) mass is 428 g/mol. The molecule has 33 heavy (non-hydrogen) atoms. The van der Waals surface area contributed by atoms with Crippen LogP contribution in [0.4, 0.5) is 0 Å². The van der Waals surface area contributed by atoms with Crippen LogP contribution in [0.3, 0.4) is 0 Å². The highest BCUT2D eigenvalue weighted by Gasteiger charge is 2.16. The van der Waals surface area contributed by atoms with Crippen molar-refractivity contribution in [2.75, 3.05) is 0 Å². The maximum Gasteiger partial charge on any atom is 0.138 e. The number of benzene rings is 4. The van der Waals surface area contributed by atoms with Crippen molar-refractivity contribution in [1.29, 1.82) is 0 Å². The molecule has 0 bridgehead atoms. The summed E-state index contributed by atoms with van der Waals surface area (Å²) in [4.78, 5) is 8.60. The summed E-state index contributed by atoms with van der Waals surface area (Å²) in [7, 11) is 0. The van der Waals surface area contributed by atoms with Crippen LogP contribution in [-0.2, 0) is 5.41 Å². The van der Waals surface area contributed by atoms with E-state index in [1.165, 1.54) is 16.7 Å². The quantitative estimate of drug-likeness (QED) is 0.306. The first-order chi connectivity index (χ1) is 16.0. The largest absolute Gasteiger partial charge is 0.337 e. The van der Waals surface area contributed by atoms with Crippen LogP contribution >= 0.6 is 0 Å². The minimum absolute atomic E-state index is 0.161. The fraction of sp³-hybridized carbons (Fsp3) is 0.129. The van der Waals surface area contributed by atoms with E-state index in [1.807, 2.05) is 12.1 Å². The van der Waals surface area contributed by atoms with Crippen molar-refractivity contribution < 1.29 is 0 Å². The smallest absolute Gasteiger partial charge is 0.138 e. The van der Waals surface area contributed by atoms with Crippen molar-refractivity contribution in [2.24, 2.45) is 0 Å². The molecule has 1 N–H and O–H groups in total. The number of imidazole rings is 1. The third kappa shape index (κ3) is 4.38. The highest BCUT2D eigenvalue weighted by Crippen LogP contribution is 2.34. The zero-order valence-electron chi connectivity index (χ0n) is 19.3. The van der Waals surface area contributed by atoms with Gasteiger partial charge in [-0.1, -0.05) is 130 Å². The minimum Gasteiger partial charge on any atom is -0.337 e. The fourth-order valence-corrected chi connectivity index (χ4v) is 4.11. The van der Waals surface area contributed by atoms with Gasteiger partial charge in [-0.15, -0.1) is 0 Å². The van der Waals surface area contributed by atoms with E-state index in [9.17, 15) is 0 Å². The Morgan fingerprint density at radius 1 is 0.515 bits per heavy atom. The van der Waals surface area contributed by atoms with Gasteiger partial charge in [0.05, 0.1) is 11.4 Å². The van der Waals surface area contributed by atoms with Gasteiger partial charge in [-0.05, 0) is 22.1 Å². The van der Waals surface area contributed by atoms with E-state index in [0.29, 0.717) is 0 Å². The van der Waals surface area contributed by atoms with Crippen LogP contribution in [0.5, 0.6) is 0 Å². The Balaban J connectivity index is 1.50. The fourth-order valence-electron chi connectivity index (χ4n) is 4.11. The van der Waals surface area contributed by atoms with Crippen molar-refractivity contribution >= 4 is 0 Å². The number of hydrogen-bond donors (Lipinski definition) is 1. The van der Waals surface area contributed by atoms with Crippen molar-refractivity contribution in [3.63, 3.8) is 0 Å². The molecule has 2 nitrogen and oxygen atoms in total. The summed E-state index contributed by atoms with van der Waals surface area (Å²) in [6, 6.07) is 38.3. The molecule has 0 aliphatic rings. The number of aromatic amines is 1. The summed E-state index contributed by atoms with van der Waals surface area (Å²) >= 11 is 0. The van der Waals surface area contributed by atoms with E-state index < -0.39 is 0 Å². The Bertz CT molecular complexity index is 1280. The Labute approximate surface area is 196 Å². The molecule has 0 radical (unpaired) electrons. The van der Waals surface area contributed by atoms with Gasteiger partial charge in [0.1, 0.15) is 5.82 Å². The number of rotatable bonds is 4. The molecule has 0 spiro atoms. The minimum atomic E-state index is 0.161. The second-order valence-electron chi connectivity index (χ2n) is 9.45. The van der Waals surface area contributed by atoms with E-state index in [1.54, 1.807) is 0 Å². The molecule has 5 aromatic rings. The first-order valence-corrected chi connectivity index (χ1v) is 11.4. The molecule has 1 heterocycles. The van der Waals surface area contributed by atoms with Crippen LogP contribution in [0.15, 0.2) is 109 Å². The van der Waals surface area contributed by atoms with Gasteiger partial charge in [-0.25, -0.2) is 4.98 Å². The maximum absolute atomic E-state index is 5.01. The number of nitrogens with one attached hydrogen (secondary N) is 1. The van der Waals surface area contributed by atoms with Crippen LogP contribution in [-0.4, -0.2) is 9.97 Å². The SMILES string of the molecule is CC(C)(C)c1ccc(-c2ccc(-c3nc(-c4ccccc4)c(-c4ccccc4)[nH]3)cc2)cc1. The number of nitrogens with zero attached hydrogens (tertiary/aromatic N) is 1. The summed E-state index contributed by atoms with van der Waals surface area (Å²) in [6.07, 6.45) is 0. The molecule has 0 amide bonds. The second kappa shape index (κ2) is 8.55. The van der Waals surface area contributed by atoms with Crippen molar-refractivity contribution in [1.82, 2.24) is 9.97 Å². The molecule has 162 valence electrons. The lowest BCUT2D eigenvalue weighted by Gasteiger charge is -2.19. The molecule has 4 aromatic carbocycles. The zero-order valence-corrected chi connectivity index (χ0v) is 19.3. The molecule has 0 unspecified atom stereocenters. The average molecular weight is 429 g/mol. The molecule has 0 fully saturated rings. The average Bonchev–Trinajstić information content (AvgIpc) is 3.30. The number of aromatic nitrogens is 2. The molecule has 0 saturated heterocycles. The van der Waals surface area contributed by atoms with E-state index in [-0.39, 0.29) is 5.41 Å². The topological polar surface area (TPSA) is 28.7 Å². The lowest BCUT2D eigenvalue weighted by atomic mass is 9.86. The molecule has 0 saturated carbocycles.